The van der Waals surface area contributed by atoms with E-state index in [2.05, 4.69) is 25.6 Å². The van der Waals surface area contributed by atoms with Crippen LogP contribution in [0.25, 0.3) is 11.5 Å². The van der Waals surface area contributed by atoms with Gasteiger partial charge in [0, 0.05) is 12.1 Å². The normalized spacial score (nSPS) is 13.0. The summed E-state index contributed by atoms with van der Waals surface area (Å²) in [5.74, 6) is 0.628. The maximum Gasteiger partial charge on any atom is 0.408 e. The Balaban J connectivity index is 2.41. The van der Waals surface area contributed by atoms with Crippen molar-refractivity contribution in [1.82, 2.24) is 15.0 Å². The lowest BCUT2D eigenvalue weighted by Crippen LogP contribution is -2.33. The molecule has 2 aromatic heterocycles. The summed E-state index contributed by atoms with van der Waals surface area (Å²) in [4.78, 5) is 12.5. The fourth-order valence-corrected chi connectivity index (χ4v) is 2.01. The molecular formula is C15H17ClF3N5. The van der Waals surface area contributed by atoms with Crippen LogP contribution in [0.5, 0.6) is 0 Å². The van der Waals surface area contributed by atoms with Gasteiger partial charge in [-0.15, -0.1) is 0 Å². The van der Waals surface area contributed by atoms with Crippen LogP contribution in [0.1, 0.15) is 20.8 Å². The minimum Gasteiger partial charge on any atom is -0.368 e. The van der Waals surface area contributed by atoms with E-state index in [9.17, 15) is 13.2 Å². The number of nitrogens with one attached hydrogen (secondary N) is 2. The van der Waals surface area contributed by atoms with Crippen molar-refractivity contribution in [2.75, 3.05) is 10.6 Å². The molecule has 1 atom stereocenters. The molecule has 2 rings (SSSR count). The van der Waals surface area contributed by atoms with Gasteiger partial charge in [0.2, 0.25) is 0 Å². The van der Waals surface area contributed by atoms with Crippen molar-refractivity contribution in [2.45, 2.75) is 39.0 Å². The zero-order valence-electron chi connectivity index (χ0n) is 13.3. The first-order chi connectivity index (χ1) is 11.1. The summed E-state index contributed by atoms with van der Waals surface area (Å²) in [7, 11) is 0. The maximum atomic E-state index is 12.8. The van der Waals surface area contributed by atoms with Gasteiger partial charge in [-0.2, -0.15) is 13.2 Å². The lowest BCUT2D eigenvalue weighted by molar-refractivity contribution is -0.138. The number of rotatable bonds is 5. The Labute approximate surface area is 142 Å². The third-order valence-electron chi connectivity index (χ3n) is 2.96. The Kier molecular flexibility index (Phi) is 5.48. The fourth-order valence-electron chi connectivity index (χ4n) is 1.84. The predicted molar refractivity (Wildman–Crippen MR) is 88.2 cm³/mol. The highest BCUT2D eigenvalue weighted by molar-refractivity contribution is 6.29. The SMILES string of the molecule is CC(C)Nc1cc(N[C@H](C)C(F)(F)F)nc(-c2cccc(Cl)n2)n1. The predicted octanol–water partition coefficient (Wildman–Crippen LogP) is 4.38. The van der Waals surface area contributed by atoms with Crippen molar-refractivity contribution < 1.29 is 13.2 Å². The van der Waals surface area contributed by atoms with Crippen molar-refractivity contribution in [2.24, 2.45) is 0 Å². The van der Waals surface area contributed by atoms with E-state index in [1.165, 1.54) is 6.07 Å². The number of alkyl halides is 3. The maximum absolute atomic E-state index is 12.8. The summed E-state index contributed by atoms with van der Waals surface area (Å²) < 4.78 is 38.3. The van der Waals surface area contributed by atoms with E-state index in [-0.39, 0.29) is 22.8 Å². The molecule has 24 heavy (non-hydrogen) atoms. The smallest absolute Gasteiger partial charge is 0.368 e. The van der Waals surface area contributed by atoms with Gasteiger partial charge < -0.3 is 10.6 Å². The highest BCUT2D eigenvalue weighted by atomic mass is 35.5. The van der Waals surface area contributed by atoms with Gasteiger partial charge in [-0.3, -0.25) is 0 Å². The molecular weight excluding hydrogens is 343 g/mol. The molecule has 5 nitrogen and oxygen atoms in total. The van der Waals surface area contributed by atoms with Gasteiger partial charge in [0.15, 0.2) is 5.82 Å². The topological polar surface area (TPSA) is 62.7 Å². The molecule has 0 unspecified atom stereocenters. The molecule has 0 aliphatic heterocycles. The molecule has 0 bridgehead atoms. The molecule has 0 aromatic carbocycles. The fraction of sp³-hybridized carbons (Fsp3) is 0.400. The Hall–Kier alpha value is -2.09. The molecule has 0 aliphatic rings. The standard InChI is InChI=1S/C15H17ClF3N5/c1-8(2)20-12-7-13(21-9(3)15(17,18)19)24-14(23-12)10-5-4-6-11(16)22-10/h4-9H,1-3H3,(H2,20,21,23,24)/t9-/m1/s1. The quantitative estimate of drug-likeness (QED) is 0.776. The third kappa shape index (κ3) is 4.95. The van der Waals surface area contributed by atoms with Crippen molar-refractivity contribution in [3.8, 4) is 11.5 Å². The second-order valence-corrected chi connectivity index (χ2v) is 5.90. The van der Waals surface area contributed by atoms with Crippen LogP contribution < -0.4 is 10.6 Å². The molecule has 130 valence electrons. The molecule has 2 heterocycles. The Bertz CT molecular complexity index is 706. The van der Waals surface area contributed by atoms with Crippen LogP contribution in [0.3, 0.4) is 0 Å². The van der Waals surface area contributed by atoms with Crippen LogP contribution in [0.15, 0.2) is 24.3 Å². The lowest BCUT2D eigenvalue weighted by atomic mass is 10.3. The van der Waals surface area contributed by atoms with Crippen molar-refractivity contribution >= 4 is 23.2 Å². The highest BCUT2D eigenvalue weighted by Gasteiger charge is 2.36. The van der Waals surface area contributed by atoms with Crippen LogP contribution in [0.2, 0.25) is 5.15 Å². The second-order valence-electron chi connectivity index (χ2n) is 5.51. The summed E-state index contributed by atoms with van der Waals surface area (Å²) in [5, 5.41) is 5.64. The molecule has 0 radical (unpaired) electrons. The van der Waals surface area contributed by atoms with Gasteiger partial charge in [0.1, 0.15) is 28.5 Å². The Morgan fingerprint density at radius 1 is 1.00 bits per heavy atom. The van der Waals surface area contributed by atoms with Gasteiger partial charge >= 0.3 is 6.18 Å². The lowest BCUT2D eigenvalue weighted by Gasteiger charge is -2.19. The van der Waals surface area contributed by atoms with Crippen LogP contribution >= 0.6 is 11.6 Å². The third-order valence-corrected chi connectivity index (χ3v) is 3.17. The number of hydrogen-bond donors (Lipinski definition) is 2. The van der Waals surface area contributed by atoms with E-state index in [0.717, 1.165) is 6.92 Å². The Morgan fingerprint density at radius 3 is 2.17 bits per heavy atom. The van der Waals surface area contributed by atoms with E-state index in [0.29, 0.717) is 11.5 Å². The summed E-state index contributed by atoms with van der Waals surface area (Å²) in [6.45, 7) is 4.81. The van der Waals surface area contributed by atoms with Gasteiger partial charge in [0.25, 0.3) is 0 Å². The first-order valence-corrected chi connectivity index (χ1v) is 7.64. The number of hydrogen-bond acceptors (Lipinski definition) is 5. The van der Waals surface area contributed by atoms with Crippen molar-refractivity contribution in [3.63, 3.8) is 0 Å². The first kappa shape index (κ1) is 18.3. The van der Waals surface area contributed by atoms with Crippen LogP contribution in [-0.2, 0) is 0 Å². The van der Waals surface area contributed by atoms with E-state index in [4.69, 9.17) is 11.6 Å². The second kappa shape index (κ2) is 7.21. The van der Waals surface area contributed by atoms with Crippen molar-refractivity contribution in [3.05, 3.63) is 29.4 Å². The van der Waals surface area contributed by atoms with E-state index in [1.807, 2.05) is 13.8 Å². The molecule has 0 saturated carbocycles. The van der Waals surface area contributed by atoms with Crippen LogP contribution in [0.4, 0.5) is 24.8 Å². The monoisotopic (exact) mass is 359 g/mol. The largest absolute Gasteiger partial charge is 0.408 e. The van der Waals surface area contributed by atoms with Gasteiger partial charge in [-0.25, -0.2) is 15.0 Å². The first-order valence-electron chi connectivity index (χ1n) is 7.27. The highest BCUT2D eigenvalue weighted by Crippen LogP contribution is 2.25. The molecule has 0 amide bonds. The number of aromatic nitrogens is 3. The zero-order valence-corrected chi connectivity index (χ0v) is 14.1. The number of anilines is 2. The molecule has 0 fully saturated rings. The minimum absolute atomic E-state index is 0.0490. The van der Waals surface area contributed by atoms with Gasteiger partial charge in [0.05, 0.1) is 0 Å². The Morgan fingerprint density at radius 2 is 1.62 bits per heavy atom. The molecule has 0 saturated heterocycles. The molecule has 0 spiro atoms. The summed E-state index contributed by atoms with van der Waals surface area (Å²) in [6.07, 6.45) is -4.38. The number of halogens is 4. The van der Waals surface area contributed by atoms with Gasteiger partial charge in [-0.05, 0) is 32.9 Å². The van der Waals surface area contributed by atoms with E-state index < -0.39 is 12.2 Å². The average Bonchev–Trinajstić information content (AvgIpc) is 2.45. The molecule has 2 aromatic rings. The number of nitrogens with zero attached hydrogens (tertiary/aromatic N) is 3. The molecule has 2 N–H and O–H groups in total. The van der Waals surface area contributed by atoms with Crippen LogP contribution in [-0.4, -0.2) is 33.2 Å². The zero-order chi connectivity index (χ0) is 17.9. The van der Waals surface area contributed by atoms with Crippen molar-refractivity contribution in [1.29, 1.82) is 0 Å². The van der Waals surface area contributed by atoms with E-state index >= 15 is 0 Å². The minimum atomic E-state index is -4.38. The molecule has 9 heteroatoms. The van der Waals surface area contributed by atoms with Gasteiger partial charge in [-0.1, -0.05) is 17.7 Å². The molecule has 0 aliphatic carbocycles. The summed E-state index contributed by atoms with van der Waals surface area (Å²) in [5.41, 5.74) is 0.373. The van der Waals surface area contributed by atoms with Crippen LogP contribution in [0, 0.1) is 0 Å². The summed E-state index contributed by atoms with van der Waals surface area (Å²) >= 11 is 5.86. The average molecular weight is 360 g/mol. The van der Waals surface area contributed by atoms with E-state index in [1.54, 1.807) is 18.2 Å². The number of pyridine rings is 1. The summed E-state index contributed by atoms with van der Waals surface area (Å²) in [6, 6.07) is 4.62.